The minimum Gasteiger partial charge on any atom is -0.355 e. The second kappa shape index (κ2) is 14.6. The molecule has 154 valence electrons. The zero-order valence-corrected chi connectivity index (χ0v) is 17.3. The lowest BCUT2D eigenvalue weighted by Crippen LogP contribution is -2.44. The number of nitrogens with one attached hydrogen (secondary N) is 2. The number of rotatable bonds is 15. The van der Waals surface area contributed by atoms with E-state index in [-0.39, 0.29) is 17.9 Å². The van der Waals surface area contributed by atoms with Crippen molar-refractivity contribution in [2.45, 2.75) is 50.6 Å². The molecule has 8 nitrogen and oxygen atoms in total. The summed E-state index contributed by atoms with van der Waals surface area (Å²) < 4.78 is 0. The fraction of sp³-hybridized carbons (Fsp3) is 0.833. The highest BCUT2D eigenvalue weighted by atomic mass is 16.2. The topological polar surface area (TPSA) is 108 Å². The largest absolute Gasteiger partial charge is 0.355 e. The van der Waals surface area contributed by atoms with Crippen molar-refractivity contribution in [3.05, 3.63) is 0 Å². The first-order chi connectivity index (χ1) is 12.6. The van der Waals surface area contributed by atoms with Crippen molar-refractivity contribution in [3.63, 3.8) is 0 Å². The minimum atomic E-state index is -0.617. The van der Waals surface area contributed by atoms with Gasteiger partial charge in [0.15, 0.2) is 7.85 Å². The Labute approximate surface area is 165 Å². The average Bonchev–Trinajstić information content (AvgIpc) is 2.56. The fourth-order valence-corrected chi connectivity index (χ4v) is 2.62. The first-order valence-electron chi connectivity index (χ1n) is 9.55. The van der Waals surface area contributed by atoms with Gasteiger partial charge in [-0.15, -0.1) is 0 Å². The van der Waals surface area contributed by atoms with E-state index < -0.39 is 11.7 Å². The zero-order chi connectivity index (χ0) is 20.8. The smallest absolute Gasteiger partial charge is 0.237 e. The van der Waals surface area contributed by atoms with Crippen LogP contribution in [0.25, 0.3) is 0 Å². The highest BCUT2D eigenvalue weighted by molar-refractivity contribution is 6.59. The molecule has 2 radical (unpaired) electrons. The highest BCUT2D eigenvalue weighted by Gasteiger charge is 2.19. The van der Waals surface area contributed by atoms with Gasteiger partial charge in [-0.2, -0.15) is 0 Å². The van der Waals surface area contributed by atoms with Gasteiger partial charge in [0.2, 0.25) is 11.8 Å². The summed E-state index contributed by atoms with van der Waals surface area (Å²) in [5.41, 5.74) is 5.08. The van der Waals surface area contributed by atoms with Crippen molar-refractivity contribution >= 4 is 25.3 Å². The molecular formula is C18H36BN5O3. The van der Waals surface area contributed by atoms with Crippen molar-refractivity contribution in [1.82, 2.24) is 20.4 Å². The van der Waals surface area contributed by atoms with E-state index in [1.54, 1.807) is 0 Å². The van der Waals surface area contributed by atoms with E-state index in [2.05, 4.69) is 10.6 Å². The zero-order valence-electron chi connectivity index (χ0n) is 17.3. The molecule has 0 heterocycles. The number of likely N-dealkylation sites (N-methyl/N-ethyl adjacent to an activating group) is 2. The molecule has 0 bridgehead atoms. The standard InChI is InChI=1S/C18H36BN5O3/c1-23(2)13-16(25)21-11-8-6-10-15(24(3)4)18(27)22-12-7-5-9-14(20)17(19)26/h14-15H,5-13,20H2,1-4H3,(H,21,25)(H,22,27)/t14-,15-/m0/s1. The second-order valence-corrected chi connectivity index (χ2v) is 7.36. The molecule has 0 aromatic heterocycles. The van der Waals surface area contributed by atoms with Crippen LogP contribution in [-0.4, -0.2) is 95.1 Å². The summed E-state index contributed by atoms with van der Waals surface area (Å²) in [6.07, 6.45) is 4.44. The maximum atomic E-state index is 12.4. The van der Waals surface area contributed by atoms with Crippen LogP contribution < -0.4 is 16.4 Å². The van der Waals surface area contributed by atoms with Crippen molar-refractivity contribution in [3.8, 4) is 0 Å². The van der Waals surface area contributed by atoms with E-state index in [1.807, 2.05) is 38.0 Å². The van der Waals surface area contributed by atoms with E-state index in [4.69, 9.17) is 13.6 Å². The van der Waals surface area contributed by atoms with Gasteiger partial charge < -0.3 is 26.1 Å². The molecule has 0 aliphatic heterocycles. The lowest BCUT2D eigenvalue weighted by atomic mass is 9.92. The molecule has 4 N–H and O–H groups in total. The molecule has 27 heavy (non-hydrogen) atoms. The van der Waals surface area contributed by atoms with Crippen LogP contribution >= 0.6 is 0 Å². The summed E-state index contributed by atoms with van der Waals surface area (Å²) in [6.45, 7) is 1.55. The Bertz CT molecular complexity index is 460. The first kappa shape index (κ1) is 25.6. The number of hydrogen-bond donors (Lipinski definition) is 3. The van der Waals surface area contributed by atoms with Crippen LogP contribution in [0.15, 0.2) is 0 Å². The maximum absolute atomic E-state index is 12.4. The number of nitrogens with two attached hydrogens (primary N) is 1. The minimum absolute atomic E-state index is 0.00385. The van der Waals surface area contributed by atoms with Gasteiger partial charge in [-0.05, 0) is 66.7 Å². The summed E-state index contributed by atoms with van der Waals surface area (Å²) in [7, 11) is 12.6. The molecular weight excluding hydrogens is 345 g/mol. The van der Waals surface area contributed by atoms with Gasteiger partial charge in [0.25, 0.3) is 0 Å². The normalized spacial score (nSPS) is 13.4. The number of amides is 2. The van der Waals surface area contributed by atoms with E-state index in [9.17, 15) is 14.4 Å². The molecule has 0 spiro atoms. The van der Waals surface area contributed by atoms with Crippen molar-refractivity contribution in [1.29, 1.82) is 0 Å². The number of carbonyl (C=O) groups is 3. The van der Waals surface area contributed by atoms with Gasteiger partial charge >= 0.3 is 0 Å². The van der Waals surface area contributed by atoms with Crippen molar-refractivity contribution in [2.75, 3.05) is 47.8 Å². The monoisotopic (exact) mass is 381 g/mol. The van der Waals surface area contributed by atoms with Crippen LogP contribution in [0.5, 0.6) is 0 Å². The van der Waals surface area contributed by atoms with Crippen LogP contribution in [0, 0.1) is 0 Å². The molecule has 0 aromatic carbocycles. The van der Waals surface area contributed by atoms with Crippen LogP contribution in [-0.2, 0) is 14.4 Å². The molecule has 9 heteroatoms. The summed E-state index contributed by atoms with van der Waals surface area (Å²) >= 11 is 0. The molecule has 0 aromatic rings. The summed E-state index contributed by atoms with van der Waals surface area (Å²) in [6, 6.07) is -0.816. The van der Waals surface area contributed by atoms with Gasteiger partial charge in [0.05, 0.1) is 24.3 Å². The molecule has 0 fully saturated rings. The molecule has 2 amide bonds. The van der Waals surface area contributed by atoms with Gasteiger partial charge in [-0.3, -0.25) is 14.5 Å². The van der Waals surface area contributed by atoms with Gasteiger partial charge in [-0.1, -0.05) is 0 Å². The Balaban J connectivity index is 3.98. The Morgan fingerprint density at radius 3 is 2.00 bits per heavy atom. The lowest BCUT2D eigenvalue weighted by Gasteiger charge is -2.23. The first-order valence-corrected chi connectivity index (χ1v) is 9.55. The Morgan fingerprint density at radius 1 is 0.926 bits per heavy atom. The lowest BCUT2D eigenvalue weighted by molar-refractivity contribution is -0.126. The molecule has 0 rings (SSSR count). The van der Waals surface area contributed by atoms with Crippen LogP contribution in [0.1, 0.15) is 38.5 Å². The molecule has 0 saturated heterocycles. The molecule has 0 aliphatic rings. The summed E-state index contributed by atoms with van der Waals surface area (Å²) in [5, 5.41) is 5.81. The van der Waals surface area contributed by atoms with Gasteiger partial charge in [-0.25, -0.2) is 0 Å². The summed E-state index contributed by atoms with van der Waals surface area (Å²) in [5.74, 6) is 0.00815. The molecule has 0 unspecified atom stereocenters. The Kier molecular flexibility index (Phi) is 13.8. The average molecular weight is 381 g/mol. The number of nitrogens with zero attached hydrogens (tertiary/aromatic N) is 2. The van der Waals surface area contributed by atoms with Crippen LogP contribution in [0.2, 0.25) is 0 Å². The Hall–Kier alpha value is -1.45. The third-order valence-corrected chi connectivity index (χ3v) is 4.22. The van der Waals surface area contributed by atoms with E-state index in [0.717, 1.165) is 32.1 Å². The number of unbranched alkanes of at least 4 members (excludes halogenated alkanes) is 2. The van der Waals surface area contributed by atoms with Crippen LogP contribution in [0.4, 0.5) is 0 Å². The summed E-state index contributed by atoms with van der Waals surface area (Å²) in [4.78, 5) is 38.5. The van der Waals surface area contributed by atoms with E-state index in [0.29, 0.717) is 26.1 Å². The molecule has 0 aliphatic carbocycles. The van der Waals surface area contributed by atoms with Crippen LogP contribution in [0.3, 0.4) is 0 Å². The maximum Gasteiger partial charge on any atom is 0.237 e. The Morgan fingerprint density at radius 2 is 1.48 bits per heavy atom. The number of carbonyl (C=O) groups excluding carboxylic acids is 3. The predicted molar refractivity (Wildman–Crippen MR) is 108 cm³/mol. The predicted octanol–water partition coefficient (Wildman–Crippen LogP) is -0.926. The highest BCUT2D eigenvalue weighted by Crippen LogP contribution is 2.06. The second-order valence-electron chi connectivity index (χ2n) is 7.36. The van der Waals surface area contributed by atoms with Crippen molar-refractivity contribution in [2.24, 2.45) is 5.73 Å². The quantitative estimate of drug-likeness (QED) is 0.250. The van der Waals surface area contributed by atoms with Crippen molar-refractivity contribution < 1.29 is 14.4 Å². The van der Waals surface area contributed by atoms with Gasteiger partial charge in [0, 0.05) is 13.1 Å². The SMILES string of the molecule is [B]C(=O)[C@@H](N)CCCCNC(=O)[C@H](CCCCNC(=O)CN(C)C)N(C)C. The number of hydrogen-bond acceptors (Lipinski definition) is 6. The fourth-order valence-electron chi connectivity index (χ4n) is 2.62. The van der Waals surface area contributed by atoms with Gasteiger partial charge in [0.1, 0.15) is 0 Å². The third-order valence-electron chi connectivity index (χ3n) is 4.22. The van der Waals surface area contributed by atoms with E-state index >= 15 is 0 Å². The third kappa shape index (κ3) is 13.4. The molecule has 2 atom stereocenters. The molecule has 0 saturated carbocycles. The van der Waals surface area contributed by atoms with E-state index in [1.165, 1.54) is 0 Å².